The molecule has 1 aromatic heterocycles. The maximum absolute atomic E-state index is 11.7. The van der Waals surface area contributed by atoms with Crippen molar-refractivity contribution in [2.45, 2.75) is 4.90 Å². The van der Waals surface area contributed by atoms with Crippen molar-refractivity contribution in [1.29, 1.82) is 0 Å². The average Bonchev–Trinajstić information content (AvgIpc) is 2.89. The zero-order chi connectivity index (χ0) is 13.9. The van der Waals surface area contributed by atoms with E-state index < -0.39 is 9.84 Å². The monoisotopic (exact) mass is 296 g/mol. The molecule has 0 aliphatic heterocycles. The molecule has 0 amide bonds. The maximum atomic E-state index is 11.7. The summed E-state index contributed by atoms with van der Waals surface area (Å²) < 4.78 is 27.9. The summed E-state index contributed by atoms with van der Waals surface area (Å²) in [6, 6.07) is 9.54. The van der Waals surface area contributed by atoms with Crippen LogP contribution in [0.15, 0.2) is 46.7 Å². The summed E-state index contributed by atoms with van der Waals surface area (Å²) in [5.74, 6) is 0.375. The number of hydrogen-bond donors (Lipinski definition) is 0. The van der Waals surface area contributed by atoms with E-state index in [0.29, 0.717) is 10.6 Å². The van der Waals surface area contributed by atoms with Crippen LogP contribution in [-0.4, -0.2) is 27.1 Å². The van der Waals surface area contributed by atoms with Gasteiger partial charge in [-0.15, -0.1) is 11.3 Å². The van der Waals surface area contributed by atoms with Crippen LogP contribution in [0.3, 0.4) is 0 Å². The minimum absolute atomic E-state index is 0.0568. The van der Waals surface area contributed by atoms with Gasteiger partial charge in [-0.25, -0.2) is 8.42 Å². The molecule has 0 bridgehead atoms. The van der Waals surface area contributed by atoms with Gasteiger partial charge in [0.05, 0.1) is 9.77 Å². The Hall–Kier alpha value is -1.66. The molecule has 0 spiro atoms. The lowest BCUT2D eigenvalue weighted by Crippen LogP contribution is -2.10. The van der Waals surface area contributed by atoms with E-state index in [0.717, 1.165) is 6.26 Å². The minimum atomic E-state index is -3.21. The van der Waals surface area contributed by atoms with Gasteiger partial charge < -0.3 is 4.74 Å². The maximum Gasteiger partial charge on any atom is 0.210 e. The molecule has 6 heteroatoms. The lowest BCUT2D eigenvalue weighted by molar-refractivity contribution is 0.0925. The Morgan fingerprint density at radius 1 is 1.21 bits per heavy atom. The van der Waals surface area contributed by atoms with Crippen LogP contribution in [0.4, 0.5) is 0 Å². The predicted octanol–water partition coefficient (Wildman–Crippen LogP) is 2.41. The molecule has 2 rings (SSSR count). The minimum Gasteiger partial charge on any atom is -0.485 e. The van der Waals surface area contributed by atoms with E-state index in [4.69, 9.17) is 4.74 Å². The number of sulfone groups is 1. The molecular weight excluding hydrogens is 284 g/mol. The summed E-state index contributed by atoms with van der Waals surface area (Å²) in [5, 5.41) is 1.83. The Morgan fingerprint density at radius 2 is 1.89 bits per heavy atom. The lowest BCUT2D eigenvalue weighted by Gasteiger charge is -2.05. The van der Waals surface area contributed by atoms with Crippen LogP contribution < -0.4 is 4.74 Å². The second-order valence-electron chi connectivity index (χ2n) is 3.93. The molecule has 100 valence electrons. The van der Waals surface area contributed by atoms with Crippen molar-refractivity contribution in [1.82, 2.24) is 0 Å². The molecule has 19 heavy (non-hydrogen) atoms. The van der Waals surface area contributed by atoms with Crippen molar-refractivity contribution in [2.24, 2.45) is 0 Å². The molecule has 0 unspecified atom stereocenters. The number of carbonyl (C=O) groups is 1. The highest BCUT2D eigenvalue weighted by Gasteiger charge is 2.09. The lowest BCUT2D eigenvalue weighted by atomic mass is 10.3. The van der Waals surface area contributed by atoms with Gasteiger partial charge in [0.2, 0.25) is 5.78 Å². The highest BCUT2D eigenvalue weighted by atomic mass is 32.2. The van der Waals surface area contributed by atoms with Gasteiger partial charge >= 0.3 is 0 Å². The number of carbonyl (C=O) groups excluding carboxylic acids is 1. The normalized spacial score (nSPS) is 11.2. The number of ether oxygens (including phenoxy) is 1. The van der Waals surface area contributed by atoms with E-state index in [1.807, 2.05) is 5.38 Å². The molecule has 0 aliphatic rings. The van der Waals surface area contributed by atoms with Crippen molar-refractivity contribution in [2.75, 3.05) is 12.9 Å². The molecule has 0 saturated carbocycles. The third kappa shape index (κ3) is 3.65. The van der Waals surface area contributed by atoms with E-state index in [1.165, 1.54) is 35.6 Å². The fourth-order valence-electron chi connectivity index (χ4n) is 1.44. The number of Topliss-reactive ketones (excluding diaryl/α,β-unsaturated/α-hetero) is 1. The van der Waals surface area contributed by atoms with Crippen LogP contribution >= 0.6 is 11.3 Å². The van der Waals surface area contributed by atoms with Gasteiger partial charge in [-0.05, 0) is 35.7 Å². The predicted molar refractivity (Wildman–Crippen MR) is 73.7 cm³/mol. The van der Waals surface area contributed by atoms with Gasteiger partial charge in [0, 0.05) is 6.26 Å². The quantitative estimate of drug-likeness (QED) is 0.795. The SMILES string of the molecule is CS(=O)(=O)c1ccc(OCC(=O)c2cccs2)cc1. The third-order valence-electron chi connectivity index (χ3n) is 2.42. The molecule has 2 aromatic rings. The summed E-state index contributed by atoms with van der Waals surface area (Å²) in [6.07, 6.45) is 1.14. The molecular formula is C13H12O4S2. The van der Waals surface area contributed by atoms with Crippen LogP contribution in [-0.2, 0) is 9.84 Å². The van der Waals surface area contributed by atoms with Gasteiger partial charge in [0.25, 0.3) is 0 Å². The fraction of sp³-hybridized carbons (Fsp3) is 0.154. The zero-order valence-corrected chi connectivity index (χ0v) is 11.8. The molecule has 1 heterocycles. The van der Waals surface area contributed by atoms with E-state index >= 15 is 0 Å². The number of ketones is 1. The van der Waals surface area contributed by atoms with Crippen molar-refractivity contribution >= 4 is 27.0 Å². The first kappa shape index (κ1) is 13.8. The molecule has 0 saturated heterocycles. The third-order valence-corrected chi connectivity index (χ3v) is 4.46. The Morgan fingerprint density at radius 3 is 2.42 bits per heavy atom. The average molecular weight is 296 g/mol. The fourth-order valence-corrected chi connectivity index (χ4v) is 2.72. The van der Waals surface area contributed by atoms with Crippen LogP contribution in [0.5, 0.6) is 5.75 Å². The molecule has 0 fully saturated rings. The first-order valence-electron chi connectivity index (χ1n) is 5.46. The zero-order valence-electron chi connectivity index (χ0n) is 10.2. The van der Waals surface area contributed by atoms with Crippen molar-refractivity contribution in [3.05, 3.63) is 46.7 Å². The van der Waals surface area contributed by atoms with Crippen LogP contribution in [0.1, 0.15) is 9.67 Å². The van der Waals surface area contributed by atoms with E-state index in [-0.39, 0.29) is 17.3 Å². The Balaban J connectivity index is 1.99. The molecule has 0 radical (unpaired) electrons. The van der Waals surface area contributed by atoms with Crippen molar-refractivity contribution in [3.8, 4) is 5.75 Å². The van der Waals surface area contributed by atoms with Crippen LogP contribution in [0.2, 0.25) is 0 Å². The van der Waals surface area contributed by atoms with Gasteiger partial charge in [0.15, 0.2) is 16.4 Å². The first-order valence-corrected chi connectivity index (χ1v) is 8.23. The summed E-state index contributed by atoms with van der Waals surface area (Å²) in [5.41, 5.74) is 0. The smallest absolute Gasteiger partial charge is 0.210 e. The Bertz CT molecular complexity index is 655. The van der Waals surface area contributed by atoms with Crippen LogP contribution in [0.25, 0.3) is 0 Å². The summed E-state index contributed by atoms with van der Waals surface area (Å²) >= 11 is 1.36. The summed E-state index contributed by atoms with van der Waals surface area (Å²) in [4.78, 5) is 12.6. The van der Waals surface area contributed by atoms with E-state index in [9.17, 15) is 13.2 Å². The number of thiophene rings is 1. The van der Waals surface area contributed by atoms with E-state index in [2.05, 4.69) is 0 Å². The highest BCUT2D eigenvalue weighted by molar-refractivity contribution is 7.90. The van der Waals surface area contributed by atoms with Crippen molar-refractivity contribution < 1.29 is 17.9 Å². The van der Waals surface area contributed by atoms with Gasteiger partial charge in [-0.3, -0.25) is 4.79 Å². The first-order chi connectivity index (χ1) is 8.97. The second-order valence-corrected chi connectivity index (χ2v) is 6.90. The molecule has 0 aliphatic carbocycles. The number of benzene rings is 1. The van der Waals surface area contributed by atoms with Gasteiger partial charge in [0.1, 0.15) is 5.75 Å². The number of rotatable bonds is 5. The topological polar surface area (TPSA) is 60.4 Å². The summed E-state index contributed by atoms with van der Waals surface area (Å²) in [6.45, 7) is -0.0568. The standard InChI is InChI=1S/C13H12O4S2/c1-19(15,16)11-6-4-10(5-7-11)17-9-12(14)13-3-2-8-18-13/h2-8H,9H2,1H3. The summed E-state index contributed by atoms with van der Waals surface area (Å²) in [7, 11) is -3.21. The van der Waals surface area contributed by atoms with Gasteiger partial charge in [-0.2, -0.15) is 0 Å². The van der Waals surface area contributed by atoms with Crippen molar-refractivity contribution in [3.63, 3.8) is 0 Å². The largest absolute Gasteiger partial charge is 0.485 e. The molecule has 0 atom stereocenters. The highest BCUT2D eigenvalue weighted by Crippen LogP contribution is 2.16. The molecule has 4 nitrogen and oxygen atoms in total. The van der Waals surface area contributed by atoms with Gasteiger partial charge in [-0.1, -0.05) is 6.07 Å². The number of hydrogen-bond acceptors (Lipinski definition) is 5. The molecule has 0 N–H and O–H groups in total. The molecule has 1 aromatic carbocycles. The Kier molecular flexibility index (Phi) is 4.01. The Labute approximate surface area is 115 Å². The van der Waals surface area contributed by atoms with E-state index in [1.54, 1.807) is 12.1 Å². The van der Waals surface area contributed by atoms with Crippen LogP contribution in [0, 0.1) is 0 Å². The second kappa shape index (κ2) is 5.54.